The topological polar surface area (TPSA) is 163 Å². The van der Waals surface area contributed by atoms with Crippen LogP contribution in [-0.2, 0) is 23.9 Å². The van der Waals surface area contributed by atoms with E-state index in [4.69, 9.17) is 14.6 Å². The number of hydrogen-bond acceptors (Lipinski definition) is 8. The fourth-order valence-electron chi connectivity index (χ4n) is 2.27. The van der Waals surface area contributed by atoms with Gasteiger partial charge in [-0.2, -0.15) is 0 Å². The highest BCUT2D eigenvalue weighted by Crippen LogP contribution is 2.32. The van der Waals surface area contributed by atoms with E-state index in [0.717, 1.165) is 14.0 Å². The van der Waals surface area contributed by atoms with Crippen molar-refractivity contribution in [3.63, 3.8) is 0 Å². The molecule has 5 atom stereocenters. The zero-order valence-electron chi connectivity index (χ0n) is 12.1. The van der Waals surface area contributed by atoms with Crippen molar-refractivity contribution in [3.8, 4) is 0 Å². The van der Waals surface area contributed by atoms with E-state index in [1.165, 1.54) is 0 Å². The quantitative estimate of drug-likeness (QED) is 0.343. The van der Waals surface area contributed by atoms with Crippen molar-refractivity contribution in [2.75, 3.05) is 13.7 Å². The number of hydrogen-bond donors (Lipinski definition) is 5. The third kappa shape index (κ3) is 3.59. The molecule has 1 aliphatic heterocycles. The van der Waals surface area contributed by atoms with E-state index in [0.29, 0.717) is 0 Å². The van der Waals surface area contributed by atoms with Crippen LogP contribution in [0.3, 0.4) is 0 Å². The maximum atomic E-state index is 11.5. The molecule has 1 rings (SSSR count). The molecular formula is C12H19NO9. The number of carboxylic acid groups (broad SMARTS) is 1. The molecule has 0 aromatic heterocycles. The summed E-state index contributed by atoms with van der Waals surface area (Å²) >= 11 is 0. The molecule has 22 heavy (non-hydrogen) atoms. The van der Waals surface area contributed by atoms with Gasteiger partial charge in [0.25, 0.3) is 5.79 Å². The van der Waals surface area contributed by atoms with E-state index in [-0.39, 0.29) is 0 Å². The largest absolute Gasteiger partial charge is 0.477 e. The predicted octanol–water partition coefficient (Wildman–Crippen LogP) is -3.01. The van der Waals surface area contributed by atoms with Crippen molar-refractivity contribution in [2.45, 2.75) is 43.5 Å². The Kier molecular flexibility index (Phi) is 5.97. The Bertz CT molecular complexity index is 454. The van der Waals surface area contributed by atoms with Crippen molar-refractivity contribution in [1.29, 1.82) is 0 Å². The maximum Gasteiger partial charge on any atom is 0.364 e. The highest BCUT2D eigenvalue weighted by Gasteiger charge is 2.55. The standard InChI is InChI=1S/C12H19NO9/c1-5(15)13-8-6(16)3-12(21-2,11(19)20)22-10(8)9(18)7(17)4-14/h6,8-10,14,16,18H,3-4H2,1-2H3,(H,13,15)(H,19,20)/t6-,8+,9+,10+,12-/m0/s1. The number of ether oxygens (including phenoxy) is 2. The van der Waals surface area contributed by atoms with Crippen LogP contribution >= 0.6 is 0 Å². The number of amides is 1. The van der Waals surface area contributed by atoms with Crippen molar-refractivity contribution in [2.24, 2.45) is 0 Å². The molecule has 1 fully saturated rings. The number of aliphatic hydroxyl groups excluding tert-OH is 3. The number of ketones is 1. The lowest BCUT2D eigenvalue weighted by molar-refractivity contribution is -0.296. The molecule has 10 heteroatoms. The van der Waals surface area contributed by atoms with E-state index in [1.807, 2.05) is 0 Å². The SMILES string of the molecule is CO[C@@]1(C(=O)O)C[C@H](O)[C@@H](NC(C)=O)[C@H]([C@H](O)C(=O)CO)O1. The van der Waals surface area contributed by atoms with E-state index >= 15 is 0 Å². The fraction of sp³-hybridized carbons (Fsp3) is 0.750. The molecule has 0 bridgehead atoms. The van der Waals surface area contributed by atoms with Gasteiger partial charge in [0.1, 0.15) is 18.8 Å². The first-order valence-corrected chi connectivity index (χ1v) is 6.41. The van der Waals surface area contributed by atoms with Gasteiger partial charge in [0.15, 0.2) is 5.78 Å². The third-order valence-electron chi connectivity index (χ3n) is 3.40. The minimum atomic E-state index is -2.28. The zero-order chi connectivity index (χ0) is 17.1. The molecule has 0 saturated carbocycles. The van der Waals surface area contributed by atoms with Crippen molar-refractivity contribution < 1.29 is 44.3 Å². The van der Waals surface area contributed by atoms with E-state index in [1.54, 1.807) is 0 Å². The number of carbonyl (C=O) groups excluding carboxylic acids is 2. The van der Waals surface area contributed by atoms with Gasteiger partial charge in [-0.1, -0.05) is 0 Å². The number of carbonyl (C=O) groups is 3. The second-order valence-corrected chi connectivity index (χ2v) is 4.91. The summed E-state index contributed by atoms with van der Waals surface area (Å²) in [5.41, 5.74) is 0. The van der Waals surface area contributed by atoms with Crippen LogP contribution < -0.4 is 5.32 Å². The molecule has 0 radical (unpaired) electrons. The van der Waals surface area contributed by atoms with Gasteiger partial charge in [-0.05, 0) is 0 Å². The molecule has 1 saturated heterocycles. The van der Waals surface area contributed by atoms with Crippen molar-refractivity contribution in [3.05, 3.63) is 0 Å². The molecule has 0 aromatic carbocycles. The first kappa shape index (κ1) is 18.5. The molecule has 1 heterocycles. The number of Topliss-reactive ketones (excluding diaryl/α,β-unsaturated/α-hetero) is 1. The Morgan fingerprint density at radius 2 is 2.05 bits per heavy atom. The Morgan fingerprint density at radius 3 is 2.45 bits per heavy atom. The monoisotopic (exact) mass is 321 g/mol. The Hall–Kier alpha value is -1.59. The molecule has 0 unspecified atom stereocenters. The maximum absolute atomic E-state index is 11.5. The fourth-order valence-corrected chi connectivity index (χ4v) is 2.27. The zero-order valence-corrected chi connectivity index (χ0v) is 12.1. The molecule has 0 aliphatic carbocycles. The summed E-state index contributed by atoms with van der Waals surface area (Å²) in [5.74, 6) is -5.48. The molecule has 126 valence electrons. The average Bonchev–Trinajstić information content (AvgIpc) is 2.46. The van der Waals surface area contributed by atoms with Crippen LogP contribution in [0.25, 0.3) is 0 Å². The highest BCUT2D eigenvalue weighted by atomic mass is 16.7. The second kappa shape index (κ2) is 7.11. The number of methoxy groups -OCH3 is 1. The number of aliphatic carboxylic acids is 1. The van der Waals surface area contributed by atoms with Crippen LogP contribution in [0.4, 0.5) is 0 Å². The van der Waals surface area contributed by atoms with Gasteiger partial charge in [-0.25, -0.2) is 4.79 Å². The van der Waals surface area contributed by atoms with Gasteiger partial charge in [0, 0.05) is 20.5 Å². The summed E-state index contributed by atoms with van der Waals surface area (Å²) in [7, 11) is 1.02. The Morgan fingerprint density at radius 1 is 1.45 bits per heavy atom. The summed E-state index contributed by atoms with van der Waals surface area (Å²) < 4.78 is 9.95. The lowest BCUT2D eigenvalue weighted by atomic mass is 9.89. The van der Waals surface area contributed by atoms with Gasteiger partial charge >= 0.3 is 5.97 Å². The summed E-state index contributed by atoms with van der Waals surface area (Å²) in [6, 6.07) is -1.24. The number of rotatable bonds is 6. The summed E-state index contributed by atoms with van der Waals surface area (Å²) in [6.45, 7) is 0.121. The van der Waals surface area contributed by atoms with Crippen LogP contribution in [0.15, 0.2) is 0 Å². The normalized spacial score (nSPS) is 33.0. The molecule has 0 spiro atoms. The van der Waals surface area contributed by atoms with Gasteiger partial charge in [-0.15, -0.1) is 0 Å². The summed E-state index contributed by atoms with van der Waals surface area (Å²) in [6.07, 6.45) is -5.55. The second-order valence-electron chi connectivity index (χ2n) is 4.91. The summed E-state index contributed by atoms with van der Waals surface area (Å²) in [5, 5.41) is 40.3. The average molecular weight is 321 g/mol. The van der Waals surface area contributed by atoms with Crippen LogP contribution in [0, 0.1) is 0 Å². The summed E-state index contributed by atoms with van der Waals surface area (Å²) in [4.78, 5) is 34.0. The minimum absolute atomic E-state index is 0.527. The molecule has 0 aromatic rings. The van der Waals surface area contributed by atoms with Gasteiger partial charge in [0.2, 0.25) is 5.91 Å². The van der Waals surface area contributed by atoms with E-state index in [9.17, 15) is 29.7 Å². The number of carboxylic acids is 1. The van der Waals surface area contributed by atoms with Crippen LogP contribution in [0.5, 0.6) is 0 Å². The molecule has 1 amide bonds. The Labute approximate surface area is 125 Å². The number of aliphatic hydroxyl groups is 3. The highest BCUT2D eigenvalue weighted by molar-refractivity contribution is 5.85. The van der Waals surface area contributed by atoms with E-state index in [2.05, 4.69) is 5.32 Å². The first-order chi connectivity index (χ1) is 10.2. The van der Waals surface area contributed by atoms with Gasteiger partial charge < -0.3 is 35.2 Å². The molecular weight excluding hydrogens is 302 g/mol. The van der Waals surface area contributed by atoms with Gasteiger partial charge in [-0.3, -0.25) is 9.59 Å². The third-order valence-corrected chi connectivity index (χ3v) is 3.40. The molecule has 1 aliphatic rings. The van der Waals surface area contributed by atoms with Crippen LogP contribution in [0.1, 0.15) is 13.3 Å². The van der Waals surface area contributed by atoms with Gasteiger partial charge in [0.05, 0.1) is 12.1 Å². The first-order valence-electron chi connectivity index (χ1n) is 6.41. The van der Waals surface area contributed by atoms with Crippen molar-refractivity contribution in [1.82, 2.24) is 5.32 Å². The molecule has 5 N–H and O–H groups in total. The van der Waals surface area contributed by atoms with Crippen LogP contribution in [0.2, 0.25) is 0 Å². The minimum Gasteiger partial charge on any atom is -0.477 e. The lowest BCUT2D eigenvalue weighted by Gasteiger charge is -2.45. The smallest absolute Gasteiger partial charge is 0.364 e. The Balaban J connectivity index is 3.17. The number of nitrogens with one attached hydrogen (secondary N) is 1. The predicted molar refractivity (Wildman–Crippen MR) is 68.6 cm³/mol. The van der Waals surface area contributed by atoms with Crippen molar-refractivity contribution >= 4 is 17.7 Å². The van der Waals surface area contributed by atoms with Crippen LogP contribution in [-0.4, -0.2) is 81.9 Å². The lowest BCUT2D eigenvalue weighted by Crippen LogP contribution is -2.67. The molecule has 10 nitrogen and oxygen atoms in total. The van der Waals surface area contributed by atoms with E-state index < -0.39 is 60.8 Å².